The molecule has 0 saturated heterocycles. The molecule has 27 heavy (non-hydrogen) atoms. The Kier molecular flexibility index (Phi) is 6.03. The van der Waals surface area contributed by atoms with E-state index in [0.717, 1.165) is 11.3 Å². The van der Waals surface area contributed by atoms with Crippen LogP contribution in [0, 0.1) is 6.92 Å². The predicted molar refractivity (Wildman–Crippen MR) is 108 cm³/mol. The van der Waals surface area contributed by atoms with Gasteiger partial charge in [0.15, 0.2) is 5.16 Å². The molecule has 1 amide bonds. The smallest absolute Gasteiger partial charge is 0.237 e. The van der Waals surface area contributed by atoms with E-state index < -0.39 is 0 Å². The molecule has 0 radical (unpaired) electrons. The molecule has 140 valence electrons. The number of nitrogens with zero attached hydrogens (tertiary/aromatic N) is 3. The fraction of sp³-hybridized carbons (Fsp3) is 0.211. The van der Waals surface area contributed by atoms with Crippen molar-refractivity contribution in [2.24, 2.45) is 0 Å². The summed E-state index contributed by atoms with van der Waals surface area (Å²) in [6.07, 6.45) is 1.60. The van der Waals surface area contributed by atoms with Crippen LogP contribution in [-0.2, 0) is 4.79 Å². The maximum Gasteiger partial charge on any atom is 0.237 e. The van der Waals surface area contributed by atoms with Crippen LogP contribution in [0.3, 0.4) is 0 Å². The second-order valence-electron chi connectivity index (χ2n) is 5.82. The Morgan fingerprint density at radius 3 is 2.81 bits per heavy atom. The first-order chi connectivity index (χ1) is 13.0. The quantitative estimate of drug-likeness (QED) is 0.620. The summed E-state index contributed by atoms with van der Waals surface area (Å²) < 4.78 is 7.21. The average Bonchev–Trinajstić information content (AvgIpc) is 3.13. The summed E-state index contributed by atoms with van der Waals surface area (Å²) >= 11 is 7.44. The number of methoxy groups -OCH3 is 1. The van der Waals surface area contributed by atoms with Crippen molar-refractivity contribution in [3.8, 4) is 11.4 Å². The molecule has 0 fully saturated rings. The number of aromatic nitrogens is 3. The molecular formula is C19H19ClN4O2S. The van der Waals surface area contributed by atoms with Gasteiger partial charge >= 0.3 is 0 Å². The van der Waals surface area contributed by atoms with E-state index in [1.807, 2.05) is 44.2 Å². The van der Waals surface area contributed by atoms with Crippen molar-refractivity contribution >= 4 is 35.0 Å². The van der Waals surface area contributed by atoms with E-state index in [9.17, 15) is 4.79 Å². The first-order valence-corrected chi connectivity index (χ1v) is 9.53. The van der Waals surface area contributed by atoms with Crippen molar-refractivity contribution < 1.29 is 9.53 Å². The number of anilines is 1. The zero-order valence-electron chi connectivity index (χ0n) is 15.1. The van der Waals surface area contributed by atoms with Gasteiger partial charge in [-0.2, -0.15) is 0 Å². The van der Waals surface area contributed by atoms with Gasteiger partial charge < -0.3 is 10.1 Å². The van der Waals surface area contributed by atoms with Crippen molar-refractivity contribution in [1.82, 2.24) is 14.8 Å². The molecule has 2 aromatic carbocycles. The minimum absolute atomic E-state index is 0.139. The maximum atomic E-state index is 12.6. The summed E-state index contributed by atoms with van der Waals surface area (Å²) in [6.45, 7) is 3.69. The Balaban J connectivity index is 1.77. The normalized spacial score (nSPS) is 11.9. The number of carbonyl (C=O) groups is 1. The van der Waals surface area contributed by atoms with Crippen LogP contribution in [0.4, 0.5) is 5.69 Å². The number of nitrogens with one attached hydrogen (secondary N) is 1. The number of hydrogen-bond acceptors (Lipinski definition) is 5. The molecule has 0 unspecified atom stereocenters. The molecule has 8 heteroatoms. The third-order valence-corrected chi connectivity index (χ3v) is 5.50. The van der Waals surface area contributed by atoms with Gasteiger partial charge in [0, 0.05) is 10.7 Å². The van der Waals surface area contributed by atoms with Gasteiger partial charge in [-0.05, 0) is 43.7 Å². The van der Waals surface area contributed by atoms with Crippen LogP contribution < -0.4 is 10.1 Å². The minimum Gasteiger partial charge on any atom is -0.495 e. The number of thioether (sulfide) groups is 1. The number of para-hydroxylation sites is 2. The lowest BCUT2D eigenvalue weighted by molar-refractivity contribution is -0.115. The second-order valence-corrected chi connectivity index (χ2v) is 7.53. The second kappa shape index (κ2) is 8.45. The van der Waals surface area contributed by atoms with E-state index >= 15 is 0 Å². The standard InChI is InChI=1S/C19H19ClN4O2S/c1-12-14(20)7-6-8-15(12)22-18(25)13(2)27-19-23-21-11-24(19)16-9-4-5-10-17(16)26-3/h4-11,13H,1-3H3,(H,22,25)/t13-/m0/s1. The van der Waals surface area contributed by atoms with Gasteiger partial charge in [-0.25, -0.2) is 0 Å². The van der Waals surface area contributed by atoms with Crippen LogP contribution in [0.2, 0.25) is 5.02 Å². The van der Waals surface area contributed by atoms with Crippen molar-refractivity contribution in [2.75, 3.05) is 12.4 Å². The highest BCUT2D eigenvalue weighted by atomic mass is 35.5. The molecule has 1 aromatic heterocycles. The molecule has 0 aliphatic rings. The van der Waals surface area contributed by atoms with Gasteiger partial charge in [0.1, 0.15) is 12.1 Å². The summed E-state index contributed by atoms with van der Waals surface area (Å²) in [6, 6.07) is 13.0. The van der Waals surface area contributed by atoms with Crippen LogP contribution in [0.5, 0.6) is 5.75 Å². The Bertz CT molecular complexity index is 960. The van der Waals surface area contributed by atoms with Gasteiger partial charge in [0.05, 0.1) is 18.0 Å². The van der Waals surface area contributed by atoms with E-state index in [0.29, 0.717) is 21.6 Å². The Morgan fingerprint density at radius 1 is 1.26 bits per heavy atom. The zero-order chi connectivity index (χ0) is 19.4. The number of benzene rings is 2. The zero-order valence-corrected chi connectivity index (χ0v) is 16.7. The van der Waals surface area contributed by atoms with Crippen molar-refractivity contribution in [1.29, 1.82) is 0 Å². The van der Waals surface area contributed by atoms with Gasteiger partial charge in [0.25, 0.3) is 0 Å². The van der Waals surface area contributed by atoms with E-state index in [1.165, 1.54) is 11.8 Å². The molecule has 0 saturated carbocycles. The van der Waals surface area contributed by atoms with Crippen LogP contribution in [-0.4, -0.2) is 33.0 Å². The molecule has 6 nitrogen and oxygen atoms in total. The van der Waals surface area contributed by atoms with Gasteiger partial charge in [-0.1, -0.05) is 41.6 Å². The van der Waals surface area contributed by atoms with Crippen LogP contribution in [0.25, 0.3) is 5.69 Å². The largest absolute Gasteiger partial charge is 0.495 e. The first kappa shape index (κ1) is 19.3. The summed E-state index contributed by atoms with van der Waals surface area (Å²) in [5.74, 6) is 0.561. The first-order valence-electron chi connectivity index (χ1n) is 8.27. The highest BCUT2D eigenvalue weighted by Crippen LogP contribution is 2.29. The van der Waals surface area contributed by atoms with Crippen LogP contribution in [0.1, 0.15) is 12.5 Å². The maximum absolute atomic E-state index is 12.6. The van der Waals surface area contributed by atoms with E-state index in [2.05, 4.69) is 15.5 Å². The molecule has 1 N–H and O–H groups in total. The van der Waals surface area contributed by atoms with Crippen LogP contribution >= 0.6 is 23.4 Å². The van der Waals surface area contributed by atoms with E-state index in [1.54, 1.807) is 30.1 Å². The lowest BCUT2D eigenvalue weighted by Crippen LogP contribution is -2.23. The lowest BCUT2D eigenvalue weighted by atomic mass is 10.2. The number of halogens is 1. The number of carbonyl (C=O) groups excluding carboxylic acids is 1. The third-order valence-electron chi connectivity index (χ3n) is 4.04. The fourth-order valence-electron chi connectivity index (χ4n) is 2.49. The average molecular weight is 403 g/mol. The fourth-order valence-corrected chi connectivity index (χ4v) is 3.50. The van der Waals surface area contributed by atoms with E-state index in [-0.39, 0.29) is 11.2 Å². The monoisotopic (exact) mass is 402 g/mol. The summed E-state index contributed by atoms with van der Waals surface area (Å²) in [7, 11) is 1.61. The number of rotatable bonds is 6. The Morgan fingerprint density at radius 2 is 2.04 bits per heavy atom. The predicted octanol–water partition coefficient (Wildman–Crippen LogP) is 4.36. The van der Waals surface area contributed by atoms with Crippen molar-refractivity contribution in [3.05, 3.63) is 59.4 Å². The highest BCUT2D eigenvalue weighted by molar-refractivity contribution is 8.00. The topological polar surface area (TPSA) is 69.0 Å². The lowest BCUT2D eigenvalue weighted by Gasteiger charge is -2.15. The van der Waals surface area contributed by atoms with Crippen molar-refractivity contribution in [3.63, 3.8) is 0 Å². The highest BCUT2D eigenvalue weighted by Gasteiger charge is 2.20. The molecular weight excluding hydrogens is 384 g/mol. The Labute approximate surface area is 166 Å². The molecule has 0 bridgehead atoms. The van der Waals surface area contributed by atoms with Gasteiger partial charge in [0.2, 0.25) is 5.91 Å². The summed E-state index contributed by atoms with van der Waals surface area (Å²) in [5, 5.41) is 11.9. The molecule has 3 aromatic rings. The molecule has 0 spiro atoms. The number of hydrogen-bond donors (Lipinski definition) is 1. The summed E-state index contributed by atoms with van der Waals surface area (Å²) in [5.41, 5.74) is 2.35. The number of amides is 1. The van der Waals surface area contributed by atoms with Gasteiger partial charge in [-0.15, -0.1) is 10.2 Å². The third kappa shape index (κ3) is 4.26. The number of ether oxygens (including phenoxy) is 1. The van der Waals surface area contributed by atoms with E-state index in [4.69, 9.17) is 16.3 Å². The molecule has 0 aliphatic heterocycles. The molecule has 1 heterocycles. The van der Waals surface area contributed by atoms with Gasteiger partial charge in [-0.3, -0.25) is 9.36 Å². The Hall–Kier alpha value is -2.51. The SMILES string of the molecule is COc1ccccc1-n1cnnc1S[C@@H](C)C(=O)Nc1cccc(Cl)c1C. The molecule has 0 aliphatic carbocycles. The van der Waals surface area contributed by atoms with Crippen LogP contribution in [0.15, 0.2) is 53.9 Å². The molecule has 3 rings (SSSR count). The molecule has 1 atom stereocenters. The summed E-state index contributed by atoms with van der Waals surface area (Å²) in [4.78, 5) is 12.6. The minimum atomic E-state index is -0.388. The van der Waals surface area contributed by atoms with Crippen molar-refractivity contribution in [2.45, 2.75) is 24.3 Å².